The van der Waals surface area contributed by atoms with Gasteiger partial charge in [0, 0.05) is 29.7 Å². The van der Waals surface area contributed by atoms with Gasteiger partial charge in [0.05, 0.1) is 12.8 Å². The Balaban J connectivity index is 1.79. The second kappa shape index (κ2) is 6.86. The molecule has 1 aromatic carbocycles. The molecule has 0 saturated carbocycles. The van der Waals surface area contributed by atoms with Gasteiger partial charge in [-0.2, -0.15) is 5.10 Å². The van der Waals surface area contributed by atoms with E-state index in [1.54, 1.807) is 7.11 Å². The van der Waals surface area contributed by atoms with Crippen LogP contribution in [0.3, 0.4) is 0 Å². The normalized spacial score (nSPS) is 12.4. The number of hydrogen-bond acceptors (Lipinski definition) is 3. The number of methoxy groups -OCH3 is 1. The highest BCUT2D eigenvalue weighted by Crippen LogP contribution is 2.26. The molecule has 0 aliphatic rings. The number of carbonyl (C=O) groups excluding carboxylic acids is 1. The lowest BCUT2D eigenvalue weighted by Gasteiger charge is -2.14. The summed E-state index contributed by atoms with van der Waals surface area (Å²) in [5.41, 5.74) is 5.80. The number of nitrogens with zero attached hydrogens (tertiary/aromatic N) is 2. The zero-order valence-electron chi connectivity index (χ0n) is 16.2. The van der Waals surface area contributed by atoms with Crippen molar-refractivity contribution in [3.05, 3.63) is 46.4 Å². The summed E-state index contributed by atoms with van der Waals surface area (Å²) in [6.45, 7) is 8.03. The van der Waals surface area contributed by atoms with E-state index in [2.05, 4.69) is 22.3 Å². The summed E-state index contributed by atoms with van der Waals surface area (Å²) in [7, 11) is 3.58. The van der Waals surface area contributed by atoms with Gasteiger partial charge in [-0.1, -0.05) is 0 Å². The van der Waals surface area contributed by atoms with E-state index in [1.165, 1.54) is 5.56 Å². The molecule has 3 aromatic rings. The summed E-state index contributed by atoms with van der Waals surface area (Å²) < 4.78 is 7.16. The van der Waals surface area contributed by atoms with E-state index in [0.29, 0.717) is 5.69 Å². The first kappa shape index (κ1) is 18.0. The van der Waals surface area contributed by atoms with Gasteiger partial charge in [0.1, 0.15) is 11.4 Å². The molecule has 0 fully saturated rings. The molecule has 0 aliphatic carbocycles. The molecule has 0 aliphatic heterocycles. The number of nitrogens with one attached hydrogen (secondary N) is 2. The maximum atomic E-state index is 12.8. The van der Waals surface area contributed by atoms with Crippen LogP contribution in [0.1, 0.15) is 39.9 Å². The number of fused-ring (bicyclic) bond motifs is 1. The van der Waals surface area contributed by atoms with Crippen molar-refractivity contribution in [2.45, 2.75) is 40.2 Å². The highest BCUT2D eigenvalue weighted by molar-refractivity contribution is 6.01. The van der Waals surface area contributed by atoms with Crippen LogP contribution in [0.25, 0.3) is 10.9 Å². The second-order valence-corrected chi connectivity index (χ2v) is 6.89. The van der Waals surface area contributed by atoms with Crippen LogP contribution in [-0.2, 0) is 13.5 Å². The number of rotatable bonds is 5. The minimum absolute atomic E-state index is 0.00412. The molecule has 0 spiro atoms. The Morgan fingerprint density at radius 3 is 2.69 bits per heavy atom. The van der Waals surface area contributed by atoms with Gasteiger partial charge in [-0.25, -0.2) is 0 Å². The zero-order chi connectivity index (χ0) is 19.0. The van der Waals surface area contributed by atoms with E-state index in [-0.39, 0.29) is 11.9 Å². The lowest BCUT2D eigenvalue weighted by molar-refractivity contribution is 0.0935. The molecule has 0 saturated heterocycles. The number of carbonyl (C=O) groups is 1. The third-order valence-electron chi connectivity index (χ3n) is 5.04. The fourth-order valence-corrected chi connectivity index (χ4v) is 3.43. The molecule has 26 heavy (non-hydrogen) atoms. The Kier molecular flexibility index (Phi) is 4.76. The van der Waals surface area contributed by atoms with Crippen LogP contribution in [0.2, 0.25) is 0 Å². The molecule has 1 amide bonds. The first-order valence-corrected chi connectivity index (χ1v) is 8.78. The van der Waals surface area contributed by atoms with Crippen LogP contribution in [0, 0.1) is 20.8 Å². The van der Waals surface area contributed by atoms with Gasteiger partial charge in [0.25, 0.3) is 5.91 Å². The van der Waals surface area contributed by atoms with Crippen molar-refractivity contribution in [1.29, 1.82) is 0 Å². The molecular formula is C20H26N4O2. The summed E-state index contributed by atoms with van der Waals surface area (Å²) >= 11 is 0. The van der Waals surface area contributed by atoms with Gasteiger partial charge in [-0.15, -0.1) is 0 Å². The molecule has 6 nitrogen and oxygen atoms in total. The summed E-state index contributed by atoms with van der Waals surface area (Å²) in [4.78, 5) is 16.0. The SMILES string of the molecule is COc1ccc2[nH]c(C(=O)N[C@H](C)Cc3c(C)nn(C)c3C)c(C)c2c1. The van der Waals surface area contributed by atoms with Crippen molar-refractivity contribution in [1.82, 2.24) is 20.1 Å². The summed E-state index contributed by atoms with van der Waals surface area (Å²) in [6, 6.07) is 5.77. The van der Waals surface area contributed by atoms with Crippen molar-refractivity contribution >= 4 is 16.8 Å². The average Bonchev–Trinajstić information content (AvgIpc) is 3.06. The molecule has 2 heterocycles. The van der Waals surface area contributed by atoms with Crippen molar-refractivity contribution in [2.75, 3.05) is 7.11 Å². The van der Waals surface area contributed by atoms with Gasteiger partial charge < -0.3 is 15.0 Å². The Bertz CT molecular complexity index is 968. The van der Waals surface area contributed by atoms with Gasteiger partial charge >= 0.3 is 0 Å². The summed E-state index contributed by atoms with van der Waals surface area (Å²) in [6.07, 6.45) is 0.754. The lowest BCUT2D eigenvalue weighted by atomic mass is 10.0. The predicted octanol–water partition coefficient (Wildman–Crippen LogP) is 3.20. The van der Waals surface area contributed by atoms with E-state index >= 15 is 0 Å². The van der Waals surface area contributed by atoms with Gasteiger partial charge in [-0.05, 0) is 63.4 Å². The van der Waals surface area contributed by atoms with Crippen LogP contribution in [0.5, 0.6) is 5.75 Å². The minimum Gasteiger partial charge on any atom is -0.497 e. The van der Waals surface area contributed by atoms with Crippen molar-refractivity contribution in [3.8, 4) is 5.75 Å². The topological polar surface area (TPSA) is 71.9 Å². The summed E-state index contributed by atoms with van der Waals surface area (Å²) in [5, 5.41) is 8.55. The van der Waals surface area contributed by atoms with Crippen molar-refractivity contribution < 1.29 is 9.53 Å². The molecule has 6 heteroatoms. The maximum Gasteiger partial charge on any atom is 0.268 e. The van der Waals surface area contributed by atoms with Crippen LogP contribution >= 0.6 is 0 Å². The molecule has 3 rings (SSSR count). The zero-order valence-corrected chi connectivity index (χ0v) is 16.2. The molecule has 2 N–H and O–H groups in total. The smallest absolute Gasteiger partial charge is 0.268 e. The number of aromatic amines is 1. The van der Waals surface area contributed by atoms with Crippen molar-refractivity contribution in [2.24, 2.45) is 7.05 Å². The number of aromatic nitrogens is 3. The molecule has 1 atom stereocenters. The molecule has 0 radical (unpaired) electrons. The fourth-order valence-electron chi connectivity index (χ4n) is 3.43. The predicted molar refractivity (Wildman–Crippen MR) is 103 cm³/mol. The minimum atomic E-state index is -0.0932. The third-order valence-corrected chi connectivity index (χ3v) is 5.04. The standard InChI is InChI=1S/C20H26N4O2/c1-11(9-17-13(3)23-24(5)14(17)4)21-20(25)19-12(2)16-10-15(26-6)7-8-18(16)22-19/h7-8,10-11,22H,9H2,1-6H3,(H,21,25)/t11-/m1/s1. The second-order valence-electron chi connectivity index (χ2n) is 6.89. The molecule has 0 bridgehead atoms. The van der Waals surface area contributed by atoms with Crippen LogP contribution in [0.15, 0.2) is 18.2 Å². The number of H-pyrrole nitrogens is 1. The lowest BCUT2D eigenvalue weighted by Crippen LogP contribution is -2.34. The summed E-state index contributed by atoms with van der Waals surface area (Å²) in [5.74, 6) is 0.687. The van der Waals surface area contributed by atoms with E-state index in [0.717, 1.165) is 40.0 Å². The van der Waals surface area contributed by atoms with Crippen LogP contribution in [0.4, 0.5) is 0 Å². The van der Waals surface area contributed by atoms with Gasteiger partial charge in [0.15, 0.2) is 0 Å². The number of amides is 1. The monoisotopic (exact) mass is 354 g/mol. The first-order valence-electron chi connectivity index (χ1n) is 8.78. The number of aryl methyl sites for hydroxylation is 3. The number of ether oxygens (including phenoxy) is 1. The van der Waals surface area contributed by atoms with E-state index in [1.807, 2.05) is 50.7 Å². The molecule has 2 aromatic heterocycles. The maximum absolute atomic E-state index is 12.8. The highest BCUT2D eigenvalue weighted by Gasteiger charge is 2.19. The molecule has 0 unspecified atom stereocenters. The van der Waals surface area contributed by atoms with Crippen LogP contribution < -0.4 is 10.1 Å². The van der Waals surface area contributed by atoms with Crippen molar-refractivity contribution in [3.63, 3.8) is 0 Å². The Labute approximate surface area is 153 Å². The fraction of sp³-hybridized carbons (Fsp3) is 0.400. The van der Waals surface area contributed by atoms with Gasteiger partial charge in [0.2, 0.25) is 0 Å². The van der Waals surface area contributed by atoms with E-state index < -0.39 is 0 Å². The Morgan fingerprint density at radius 1 is 1.35 bits per heavy atom. The molecule has 138 valence electrons. The van der Waals surface area contributed by atoms with Crippen LogP contribution in [-0.4, -0.2) is 33.8 Å². The van der Waals surface area contributed by atoms with E-state index in [4.69, 9.17) is 4.74 Å². The largest absolute Gasteiger partial charge is 0.497 e. The number of hydrogen-bond donors (Lipinski definition) is 2. The van der Waals surface area contributed by atoms with Gasteiger partial charge in [-0.3, -0.25) is 9.48 Å². The highest BCUT2D eigenvalue weighted by atomic mass is 16.5. The first-order chi connectivity index (χ1) is 12.3. The Morgan fingerprint density at radius 2 is 2.08 bits per heavy atom. The quantitative estimate of drug-likeness (QED) is 0.739. The Hall–Kier alpha value is -2.76. The average molecular weight is 354 g/mol. The number of benzene rings is 1. The molecular weight excluding hydrogens is 328 g/mol. The van der Waals surface area contributed by atoms with E-state index in [9.17, 15) is 4.79 Å². The third kappa shape index (κ3) is 3.19.